The van der Waals surface area contributed by atoms with Crippen LogP contribution in [0.15, 0.2) is 36.4 Å². The standard InChI is InChI=1S/C19H20N2O4/c1-11-5-3-6-12(18(11)22)13-7-4-8-16(20-13)21-9-15-17(19(23)24-2)14(21)10-25-15/h3-8,14-15,17,22H,9-10H2,1-2H3. The molecule has 0 amide bonds. The highest BCUT2D eigenvalue weighted by molar-refractivity contribution is 5.77. The highest BCUT2D eigenvalue weighted by atomic mass is 16.5. The maximum atomic E-state index is 12.0. The predicted molar refractivity (Wildman–Crippen MR) is 92.5 cm³/mol. The molecule has 6 nitrogen and oxygen atoms in total. The number of methoxy groups -OCH3 is 1. The number of morpholine rings is 1. The number of anilines is 1. The Balaban J connectivity index is 1.67. The molecule has 0 spiro atoms. The molecule has 2 fully saturated rings. The monoisotopic (exact) mass is 340 g/mol. The Kier molecular flexibility index (Phi) is 3.84. The molecule has 0 aliphatic carbocycles. The predicted octanol–water partition coefficient (Wildman–Crippen LogP) is 2.14. The Morgan fingerprint density at radius 3 is 2.92 bits per heavy atom. The first-order chi connectivity index (χ1) is 12.1. The normalized spacial score (nSPS) is 24.6. The molecule has 1 aromatic heterocycles. The summed E-state index contributed by atoms with van der Waals surface area (Å²) in [6, 6.07) is 11.3. The van der Waals surface area contributed by atoms with E-state index < -0.39 is 0 Å². The van der Waals surface area contributed by atoms with E-state index in [0.29, 0.717) is 24.4 Å². The minimum atomic E-state index is -0.275. The van der Waals surface area contributed by atoms with Gasteiger partial charge in [-0.15, -0.1) is 0 Å². The van der Waals surface area contributed by atoms with E-state index in [2.05, 4.69) is 4.90 Å². The van der Waals surface area contributed by atoms with Crippen LogP contribution in [-0.4, -0.2) is 48.5 Å². The first-order valence-electron chi connectivity index (χ1n) is 8.32. The van der Waals surface area contributed by atoms with Gasteiger partial charge in [0.25, 0.3) is 0 Å². The van der Waals surface area contributed by atoms with E-state index in [1.165, 1.54) is 7.11 Å². The van der Waals surface area contributed by atoms with Gasteiger partial charge in [0.15, 0.2) is 0 Å². The van der Waals surface area contributed by atoms with Gasteiger partial charge in [-0.2, -0.15) is 0 Å². The largest absolute Gasteiger partial charge is 0.507 e. The van der Waals surface area contributed by atoms with Crippen molar-refractivity contribution in [2.24, 2.45) is 5.92 Å². The maximum absolute atomic E-state index is 12.0. The molecule has 4 rings (SSSR count). The van der Waals surface area contributed by atoms with Crippen LogP contribution in [0.3, 0.4) is 0 Å². The summed E-state index contributed by atoms with van der Waals surface area (Å²) in [6.45, 7) is 2.97. The number of phenolic OH excluding ortho intramolecular Hbond substituents is 1. The van der Waals surface area contributed by atoms with Crippen molar-refractivity contribution in [3.63, 3.8) is 0 Å². The van der Waals surface area contributed by atoms with Gasteiger partial charge in [-0.25, -0.2) is 4.98 Å². The van der Waals surface area contributed by atoms with E-state index in [1.54, 1.807) is 0 Å². The average molecular weight is 340 g/mol. The zero-order chi connectivity index (χ0) is 17.6. The van der Waals surface area contributed by atoms with Gasteiger partial charge in [0, 0.05) is 12.1 Å². The lowest BCUT2D eigenvalue weighted by Crippen LogP contribution is -2.39. The Morgan fingerprint density at radius 1 is 1.32 bits per heavy atom. The Hall–Kier alpha value is -2.60. The van der Waals surface area contributed by atoms with Crippen LogP contribution in [0.2, 0.25) is 0 Å². The third-order valence-electron chi connectivity index (χ3n) is 5.09. The third kappa shape index (κ3) is 2.53. The molecule has 0 saturated carbocycles. The molecule has 1 N–H and O–H groups in total. The van der Waals surface area contributed by atoms with Crippen molar-refractivity contribution in [1.82, 2.24) is 4.98 Å². The van der Waals surface area contributed by atoms with E-state index >= 15 is 0 Å². The van der Waals surface area contributed by atoms with E-state index in [9.17, 15) is 9.90 Å². The SMILES string of the molecule is COC(=O)C1C2CN(c3cccc(-c4cccc(C)c4O)n3)C1CO2. The van der Waals surface area contributed by atoms with Crippen LogP contribution in [-0.2, 0) is 14.3 Å². The summed E-state index contributed by atoms with van der Waals surface area (Å²) < 4.78 is 10.6. The number of hydrogen-bond acceptors (Lipinski definition) is 6. The summed E-state index contributed by atoms with van der Waals surface area (Å²) in [5, 5.41) is 10.3. The number of carbonyl (C=O) groups excluding carboxylic acids is 1. The number of esters is 1. The van der Waals surface area contributed by atoms with E-state index in [0.717, 1.165) is 11.4 Å². The van der Waals surface area contributed by atoms with Crippen LogP contribution in [0.4, 0.5) is 5.82 Å². The number of nitrogens with zero attached hydrogens (tertiary/aromatic N) is 2. The number of aryl methyl sites for hydroxylation is 1. The van der Waals surface area contributed by atoms with Crippen LogP contribution in [0.25, 0.3) is 11.3 Å². The van der Waals surface area contributed by atoms with Crippen LogP contribution in [0.5, 0.6) is 5.75 Å². The molecule has 2 aliphatic rings. The smallest absolute Gasteiger partial charge is 0.313 e. The molecule has 3 heterocycles. The van der Waals surface area contributed by atoms with Gasteiger partial charge in [0.2, 0.25) is 0 Å². The zero-order valence-electron chi connectivity index (χ0n) is 14.2. The fraction of sp³-hybridized carbons (Fsp3) is 0.368. The van der Waals surface area contributed by atoms with Gasteiger partial charge < -0.3 is 19.5 Å². The topological polar surface area (TPSA) is 71.9 Å². The highest BCUT2D eigenvalue weighted by Crippen LogP contribution is 2.38. The van der Waals surface area contributed by atoms with Crippen molar-refractivity contribution < 1.29 is 19.4 Å². The average Bonchev–Trinajstić information content (AvgIpc) is 3.21. The highest BCUT2D eigenvalue weighted by Gasteiger charge is 2.53. The van der Waals surface area contributed by atoms with Gasteiger partial charge in [-0.1, -0.05) is 18.2 Å². The number of carbonyl (C=O) groups is 1. The van der Waals surface area contributed by atoms with Gasteiger partial charge >= 0.3 is 5.97 Å². The Bertz CT molecular complexity index is 823. The molecule has 6 heteroatoms. The molecular weight excluding hydrogens is 320 g/mol. The molecule has 130 valence electrons. The van der Waals surface area contributed by atoms with Crippen molar-refractivity contribution in [3.05, 3.63) is 42.0 Å². The number of rotatable bonds is 3. The van der Waals surface area contributed by atoms with E-state index in [4.69, 9.17) is 14.5 Å². The molecule has 3 unspecified atom stereocenters. The fourth-order valence-electron chi connectivity index (χ4n) is 3.76. The number of phenols is 1. The molecule has 2 aromatic rings. The molecule has 1 aromatic carbocycles. The summed E-state index contributed by atoms with van der Waals surface area (Å²) >= 11 is 0. The number of benzene rings is 1. The number of aromatic hydroxyl groups is 1. The van der Waals surface area contributed by atoms with Gasteiger partial charge in [0.1, 0.15) is 17.5 Å². The minimum absolute atomic E-state index is 0.0636. The van der Waals surface area contributed by atoms with Crippen molar-refractivity contribution in [3.8, 4) is 17.0 Å². The van der Waals surface area contributed by atoms with E-state index in [1.807, 2.05) is 43.3 Å². The van der Waals surface area contributed by atoms with Crippen molar-refractivity contribution in [2.45, 2.75) is 19.1 Å². The molecule has 25 heavy (non-hydrogen) atoms. The second-order valence-corrected chi connectivity index (χ2v) is 6.49. The van der Waals surface area contributed by atoms with Gasteiger partial charge in [0.05, 0.1) is 31.6 Å². The quantitative estimate of drug-likeness (QED) is 0.863. The summed E-state index contributed by atoms with van der Waals surface area (Å²) in [6.07, 6.45) is -0.157. The van der Waals surface area contributed by atoms with Crippen LogP contribution in [0, 0.1) is 12.8 Å². The summed E-state index contributed by atoms with van der Waals surface area (Å²) in [5.41, 5.74) is 2.22. The van der Waals surface area contributed by atoms with Gasteiger partial charge in [-0.05, 0) is 30.7 Å². The number of ether oxygens (including phenoxy) is 2. The van der Waals surface area contributed by atoms with E-state index in [-0.39, 0.29) is 29.8 Å². The number of fused-ring (bicyclic) bond motifs is 2. The molecule has 2 aliphatic heterocycles. The summed E-state index contributed by atoms with van der Waals surface area (Å²) in [5.74, 6) is 0.513. The number of hydrogen-bond donors (Lipinski definition) is 1. The molecular formula is C19H20N2O4. The first-order valence-corrected chi connectivity index (χ1v) is 8.32. The van der Waals surface area contributed by atoms with Crippen LogP contribution >= 0.6 is 0 Å². The Morgan fingerprint density at radius 2 is 2.12 bits per heavy atom. The lowest BCUT2D eigenvalue weighted by atomic mass is 10.0. The lowest BCUT2D eigenvalue weighted by molar-refractivity contribution is -0.146. The first kappa shape index (κ1) is 15.9. The van der Waals surface area contributed by atoms with Crippen molar-refractivity contribution >= 4 is 11.8 Å². The molecule has 2 bridgehead atoms. The molecule has 3 atom stereocenters. The van der Waals surface area contributed by atoms with Crippen molar-refractivity contribution in [2.75, 3.05) is 25.2 Å². The Labute approximate surface area is 146 Å². The maximum Gasteiger partial charge on any atom is 0.313 e. The van der Waals surface area contributed by atoms with Crippen LogP contribution in [0.1, 0.15) is 5.56 Å². The zero-order valence-corrected chi connectivity index (χ0v) is 14.2. The second-order valence-electron chi connectivity index (χ2n) is 6.49. The number of aromatic nitrogens is 1. The number of pyridine rings is 1. The third-order valence-corrected chi connectivity index (χ3v) is 5.09. The van der Waals surface area contributed by atoms with Crippen LogP contribution < -0.4 is 4.90 Å². The minimum Gasteiger partial charge on any atom is -0.507 e. The second kappa shape index (κ2) is 6.04. The molecule has 0 radical (unpaired) electrons. The lowest BCUT2D eigenvalue weighted by Gasteiger charge is -2.28. The number of para-hydroxylation sites is 1. The van der Waals surface area contributed by atoms with Crippen molar-refractivity contribution in [1.29, 1.82) is 0 Å². The summed E-state index contributed by atoms with van der Waals surface area (Å²) in [7, 11) is 1.41. The molecule has 2 saturated heterocycles. The summed E-state index contributed by atoms with van der Waals surface area (Å²) in [4.78, 5) is 18.9. The fourth-order valence-corrected chi connectivity index (χ4v) is 3.76. The van der Waals surface area contributed by atoms with Gasteiger partial charge in [-0.3, -0.25) is 4.79 Å².